The number of hydrogen-bond acceptors (Lipinski definition) is 5. The normalized spacial score (nSPS) is 10.4. The molecule has 0 radical (unpaired) electrons. The molecule has 3 rings (SSSR count). The Morgan fingerprint density at radius 3 is 2.80 bits per heavy atom. The van der Waals surface area contributed by atoms with Crippen LogP contribution in [-0.4, -0.2) is 21.1 Å². The van der Waals surface area contributed by atoms with Gasteiger partial charge in [0.15, 0.2) is 5.69 Å². The molecule has 0 saturated carbocycles. The Balaban J connectivity index is 1.85. The molecule has 0 aliphatic rings. The van der Waals surface area contributed by atoms with Crippen LogP contribution in [0.25, 0.3) is 10.9 Å². The third-order valence-electron chi connectivity index (χ3n) is 2.78. The summed E-state index contributed by atoms with van der Waals surface area (Å²) in [4.78, 5) is 16.2. The fourth-order valence-electron chi connectivity index (χ4n) is 1.81. The van der Waals surface area contributed by atoms with E-state index in [0.717, 1.165) is 10.9 Å². The van der Waals surface area contributed by atoms with Crippen LogP contribution in [0.3, 0.4) is 0 Å². The molecule has 6 nitrogen and oxygen atoms in total. The van der Waals surface area contributed by atoms with E-state index in [1.807, 2.05) is 24.3 Å². The van der Waals surface area contributed by atoms with Gasteiger partial charge >= 0.3 is 0 Å². The fourth-order valence-corrected chi connectivity index (χ4v) is 1.81. The van der Waals surface area contributed by atoms with Gasteiger partial charge in [-0.1, -0.05) is 6.07 Å². The molecule has 3 aromatic rings. The van der Waals surface area contributed by atoms with Gasteiger partial charge in [-0.25, -0.2) is 0 Å². The zero-order valence-electron chi connectivity index (χ0n) is 10.4. The summed E-state index contributed by atoms with van der Waals surface area (Å²) in [5, 5.41) is 11.1. The molecule has 0 aliphatic heterocycles. The third-order valence-corrected chi connectivity index (χ3v) is 2.78. The number of benzene rings is 1. The highest BCUT2D eigenvalue weighted by Gasteiger charge is 2.08. The molecule has 98 valence electrons. The van der Waals surface area contributed by atoms with Gasteiger partial charge in [0.25, 0.3) is 5.91 Å². The summed E-state index contributed by atoms with van der Waals surface area (Å²) in [5.41, 5.74) is 7.19. The number of pyridine rings is 1. The quantitative estimate of drug-likeness (QED) is 0.737. The molecule has 0 spiro atoms. The molecule has 0 unspecified atom stereocenters. The van der Waals surface area contributed by atoms with Crippen LogP contribution in [0, 0.1) is 0 Å². The number of amides is 1. The Morgan fingerprint density at radius 1 is 1.10 bits per heavy atom. The molecule has 1 aromatic carbocycles. The Bertz CT molecular complexity index is 770. The Hall–Kier alpha value is -3.02. The highest BCUT2D eigenvalue weighted by atomic mass is 16.1. The van der Waals surface area contributed by atoms with Crippen molar-refractivity contribution in [2.75, 3.05) is 11.1 Å². The minimum Gasteiger partial charge on any atom is -0.382 e. The van der Waals surface area contributed by atoms with Crippen molar-refractivity contribution in [3.8, 4) is 0 Å². The minimum atomic E-state index is -0.333. The molecule has 0 atom stereocenters. The van der Waals surface area contributed by atoms with Gasteiger partial charge in [-0.3, -0.25) is 9.78 Å². The van der Waals surface area contributed by atoms with Gasteiger partial charge in [0.1, 0.15) is 5.82 Å². The molecule has 6 heteroatoms. The van der Waals surface area contributed by atoms with Gasteiger partial charge in [-0.15, -0.1) is 10.2 Å². The van der Waals surface area contributed by atoms with Gasteiger partial charge < -0.3 is 11.1 Å². The van der Waals surface area contributed by atoms with Crippen molar-refractivity contribution >= 4 is 28.3 Å². The molecule has 0 saturated heterocycles. The smallest absolute Gasteiger partial charge is 0.276 e. The number of anilines is 2. The SMILES string of the molecule is Nc1ccc(C(=O)Nc2ccc3ncccc3c2)nn1. The van der Waals surface area contributed by atoms with Gasteiger partial charge in [0.05, 0.1) is 5.52 Å². The van der Waals surface area contributed by atoms with Crippen LogP contribution in [-0.2, 0) is 0 Å². The summed E-state index contributed by atoms with van der Waals surface area (Å²) in [7, 11) is 0. The number of carbonyl (C=O) groups is 1. The van der Waals surface area contributed by atoms with Gasteiger partial charge in [-0.05, 0) is 36.4 Å². The highest BCUT2D eigenvalue weighted by molar-refractivity contribution is 6.03. The summed E-state index contributed by atoms with van der Waals surface area (Å²) >= 11 is 0. The first-order valence-corrected chi connectivity index (χ1v) is 5.98. The minimum absolute atomic E-state index is 0.213. The van der Waals surface area contributed by atoms with Gasteiger partial charge in [0.2, 0.25) is 0 Å². The van der Waals surface area contributed by atoms with E-state index in [9.17, 15) is 4.79 Å². The standard InChI is InChI=1S/C14H11N5O/c15-13-6-5-12(18-19-13)14(20)17-10-3-4-11-9(8-10)2-1-7-16-11/h1-8H,(H2,15,19)(H,17,20). The molecule has 20 heavy (non-hydrogen) atoms. The van der Waals surface area contributed by atoms with Crippen LogP contribution in [0.1, 0.15) is 10.5 Å². The highest BCUT2D eigenvalue weighted by Crippen LogP contribution is 2.17. The first-order valence-electron chi connectivity index (χ1n) is 5.98. The molecular weight excluding hydrogens is 254 g/mol. The van der Waals surface area contributed by atoms with E-state index in [1.165, 1.54) is 12.1 Å². The number of nitrogens with one attached hydrogen (secondary N) is 1. The molecule has 3 N–H and O–H groups in total. The third kappa shape index (κ3) is 2.39. The molecule has 2 aromatic heterocycles. The summed E-state index contributed by atoms with van der Waals surface area (Å²) in [6.07, 6.45) is 1.73. The Labute approximate surface area is 114 Å². The second kappa shape index (κ2) is 4.93. The zero-order valence-corrected chi connectivity index (χ0v) is 10.4. The van der Waals surface area contributed by atoms with E-state index in [0.29, 0.717) is 5.69 Å². The van der Waals surface area contributed by atoms with Crippen molar-refractivity contribution in [2.45, 2.75) is 0 Å². The van der Waals surface area contributed by atoms with Crippen LogP contribution in [0.15, 0.2) is 48.7 Å². The van der Waals surface area contributed by atoms with Gasteiger partial charge in [0, 0.05) is 17.3 Å². The number of fused-ring (bicyclic) bond motifs is 1. The van der Waals surface area contributed by atoms with Crippen LogP contribution in [0.5, 0.6) is 0 Å². The summed E-state index contributed by atoms with van der Waals surface area (Å²) in [6.45, 7) is 0. The molecule has 0 fully saturated rings. The van der Waals surface area contributed by atoms with Crippen LogP contribution >= 0.6 is 0 Å². The van der Waals surface area contributed by atoms with E-state index in [4.69, 9.17) is 5.73 Å². The number of aromatic nitrogens is 3. The van der Waals surface area contributed by atoms with Crippen LogP contribution in [0.4, 0.5) is 11.5 Å². The van der Waals surface area contributed by atoms with Crippen molar-refractivity contribution in [3.63, 3.8) is 0 Å². The first-order chi connectivity index (χ1) is 9.72. The maximum absolute atomic E-state index is 12.0. The fraction of sp³-hybridized carbons (Fsp3) is 0. The van der Waals surface area contributed by atoms with E-state index in [2.05, 4.69) is 20.5 Å². The summed E-state index contributed by atoms with van der Waals surface area (Å²) < 4.78 is 0. The number of nitrogens with two attached hydrogens (primary N) is 1. The van der Waals surface area contributed by atoms with Crippen molar-refractivity contribution in [1.82, 2.24) is 15.2 Å². The zero-order chi connectivity index (χ0) is 13.9. The predicted octanol–water partition coefficient (Wildman–Crippen LogP) is 1.86. The number of nitrogen functional groups attached to an aromatic ring is 1. The maximum Gasteiger partial charge on any atom is 0.276 e. The average Bonchev–Trinajstić information content (AvgIpc) is 2.48. The Morgan fingerprint density at radius 2 is 2.00 bits per heavy atom. The monoisotopic (exact) mass is 265 g/mol. The van der Waals surface area contributed by atoms with Crippen molar-refractivity contribution in [2.24, 2.45) is 0 Å². The van der Waals surface area contributed by atoms with E-state index in [1.54, 1.807) is 12.3 Å². The van der Waals surface area contributed by atoms with Crippen molar-refractivity contribution in [1.29, 1.82) is 0 Å². The molecular formula is C14H11N5O. The maximum atomic E-state index is 12.0. The lowest BCUT2D eigenvalue weighted by molar-refractivity contribution is 0.102. The van der Waals surface area contributed by atoms with Crippen LogP contribution < -0.4 is 11.1 Å². The molecule has 0 aliphatic carbocycles. The topological polar surface area (TPSA) is 93.8 Å². The van der Waals surface area contributed by atoms with E-state index in [-0.39, 0.29) is 17.4 Å². The average molecular weight is 265 g/mol. The number of rotatable bonds is 2. The number of hydrogen-bond donors (Lipinski definition) is 2. The second-order valence-corrected chi connectivity index (χ2v) is 4.21. The largest absolute Gasteiger partial charge is 0.382 e. The molecule has 0 bridgehead atoms. The number of carbonyl (C=O) groups excluding carboxylic acids is 1. The second-order valence-electron chi connectivity index (χ2n) is 4.21. The lowest BCUT2D eigenvalue weighted by atomic mass is 10.2. The Kier molecular flexibility index (Phi) is 2.96. The lowest BCUT2D eigenvalue weighted by Crippen LogP contribution is -2.14. The number of nitrogens with zero attached hydrogens (tertiary/aromatic N) is 3. The van der Waals surface area contributed by atoms with Crippen molar-refractivity contribution in [3.05, 3.63) is 54.4 Å². The van der Waals surface area contributed by atoms with E-state index < -0.39 is 0 Å². The predicted molar refractivity (Wildman–Crippen MR) is 76.1 cm³/mol. The summed E-state index contributed by atoms with van der Waals surface area (Å²) in [6, 6.07) is 12.3. The van der Waals surface area contributed by atoms with E-state index >= 15 is 0 Å². The van der Waals surface area contributed by atoms with Crippen molar-refractivity contribution < 1.29 is 4.79 Å². The summed E-state index contributed by atoms with van der Waals surface area (Å²) in [5.74, 6) is -0.0564. The van der Waals surface area contributed by atoms with Gasteiger partial charge in [-0.2, -0.15) is 0 Å². The molecule has 2 heterocycles. The molecule has 1 amide bonds. The van der Waals surface area contributed by atoms with Crippen LogP contribution in [0.2, 0.25) is 0 Å². The first kappa shape index (κ1) is 12.0. The lowest BCUT2D eigenvalue weighted by Gasteiger charge is -2.05.